The molecule has 0 radical (unpaired) electrons. The second kappa shape index (κ2) is 4.00. The molecule has 1 aromatic heterocycles. The van der Waals surface area contributed by atoms with E-state index in [-0.39, 0.29) is 27.9 Å². The summed E-state index contributed by atoms with van der Waals surface area (Å²) in [7, 11) is 0. The largest absolute Gasteiger partial charge is 0.506 e. The maximum absolute atomic E-state index is 12.5. The lowest BCUT2D eigenvalue weighted by Crippen LogP contribution is -1.99. The van der Waals surface area contributed by atoms with E-state index in [1.165, 1.54) is 13.1 Å². The Morgan fingerprint density at radius 2 is 2.23 bits per heavy atom. The Kier molecular flexibility index (Phi) is 3.19. The van der Waals surface area contributed by atoms with Crippen LogP contribution in [0.2, 0.25) is 0 Å². The Hall–Kier alpha value is -0.710. The molecule has 0 aliphatic rings. The number of rotatable bonds is 2. The summed E-state index contributed by atoms with van der Waals surface area (Å²) in [6.45, 7) is 1.45. The van der Waals surface area contributed by atoms with Crippen LogP contribution >= 0.6 is 15.9 Å². The van der Waals surface area contributed by atoms with Crippen LogP contribution in [-0.2, 0) is 5.33 Å². The number of hydrogen-bond acceptors (Lipinski definition) is 2. The fourth-order valence-electron chi connectivity index (χ4n) is 1.06. The van der Waals surface area contributed by atoms with Gasteiger partial charge in [-0.05, 0) is 6.92 Å². The summed E-state index contributed by atoms with van der Waals surface area (Å²) in [5, 5.41) is 9.42. The molecule has 0 aromatic carbocycles. The van der Waals surface area contributed by atoms with Gasteiger partial charge in [-0.15, -0.1) is 0 Å². The van der Waals surface area contributed by atoms with Gasteiger partial charge in [0.15, 0.2) is 0 Å². The van der Waals surface area contributed by atoms with Crippen LogP contribution in [0.25, 0.3) is 0 Å². The molecule has 1 rings (SSSR count). The minimum atomic E-state index is -2.60. The van der Waals surface area contributed by atoms with Crippen molar-refractivity contribution in [2.75, 3.05) is 0 Å². The first-order valence-corrected chi connectivity index (χ1v) is 4.71. The van der Waals surface area contributed by atoms with Gasteiger partial charge in [-0.25, -0.2) is 8.78 Å². The van der Waals surface area contributed by atoms with Crippen molar-refractivity contribution >= 4 is 15.9 Å². The van der Waals surface area contributed by atoms with Gasteiger partial charge >= 0.3 is 0 Å². The van der Waals surface area contributed by atoms with Gasteiger partial charge in [0, 0.05) is 16.5 Å². The molecular weight excluding hydrogens is 244 g/mol. The molecule has 0 unspecified atom stereocenters. The maximum atomic E-state index is 12.5. The third kappa shape index (κ3) is 1.96. The van der Waals surface area contributed by atoms with Gasteiger partial charge in [-0.1, -0.05) is 15.9 Å². The van der Waals surface area contributed by atoms with Crippen molar-refractivity contribution in [3.8, 4) is 5.75 Å². The normalized spacial score (nSPS) is 10.8. The van der Waals surface area contributed by atoms with E-state index in [9.17, 15) is 8.78 Å². The van der Waals surface area contributed by atoms with Gasteiger partial charge in [0.25, 0.3) is 6.43 Å². The van der Waals surface area contributed by atoms with E-state index in [2.05, 4.69) is 20.9 Å². The van der Waals surface area contributed by atoms with Crippen molar-refractivity contribution in [2.24, 2.45) is 0 Å². The fourth-order valence-corrected chi connectivity index (χ4v) is 1.50. The molecule has 0 atom stereocenters. The Bertz CT molecular complexity index is 317. The Labute approximate surface area is 82.7 Å². The summed E-state index contributed by atoms with van der Waals surface area (Å²) in [5.74, 6) is -0.194. The first-order chi connectivity index (χ1) is 6.07. The molecule has 0 aliphatic heterocycles. The first-order valence-electron chi connectivity index (χ1n) is 3.59. The summed E-state index contributed by atoms with van der Waals surface area (Å²) >= 11 is 3.06. The molecule has 13 heavy (non-hydrogen) atoms. The standard InChI is InChI=1S/C8H8BrF2NO/c1-4-6(13)3-12-5(2-9)7(4)8(10)11/h3,8,13H,2H2,1H3. The van der Waals surface area contributed by atoms with E-state index in [1.54, 1.807) is 0 Å². The number of aromatic hydroxyl groups is 1. The molecule has 0 fully saturated rings. The molecule has 0 spiro atoms. The Morgan fingerprint density at radius 1 is 1.62 bits per heavy atom. The minimum absolute atomic E-state index is 0.183. The zero-order valence-electron chi connectivity index (χ0n) is 6.89. The van der Waals surface area contributed by atoms with Gasteiger partial charge in [-0.2, -0.15) is 0 Å². The number of alkyl halides is 3. The third-order valence-corrected chi connectivity index (χ3v) is 2.32. The molecule has 5 heteroatoms. The lowest BCUT2D eigenvalue weighted by molar-refractivity contribution is 0.148. The average Bonchev–Trinajstić information content (AvgIpc) is 2.08. The smallest absolute Gasteiger partial charge is 0.266 e. The van der Waals surface area contributed by atoms with Gasteiger partial charge in [0.05, 0.1) is 11.9 Å². The van der Waals surface area contributed by atoms with Crippen LogP contribution in [-0.4, -0.2) is 10.1 Å². The van der Waals surface area contributed by atoms with Crippen molar-refractivity contribution in [1.82, 2.24) is 4.98 Å². The number of pyridine rings is 1. The summed E-state index contributed by atoms with van der Waals surface area (Å²) < 4.78 is 25.0. The zero-order valence-corrected chi connectivity index (χ0v) is 8.48. The molecule has 0 bridgehead atoms. The quantitative estimate of drug-likeness (QED) is 0.821. The summed E-state index contributed by atoms with van der Waals surface area (Å²) in [4.78, 5) is 3.70. The van der Waals surface area contributed by atoms with Crippen LogP contribution in [0, 0.1) is 6.92 Å². The van der Waals surface area contributed by atoms with Gasteiger partial charge in [0.1, 0.15) is 5.75 Å². The highest BCUT2D eigenvalue weighted by molar-refractivity contribution is 9.08. The van der Waals surface area contributed by atoms with Crippen LogP contribution in [0.5, 0.6) is 5.75 Å². The SMILES string of the molecule is Cc1c(O)cnc(CBr)c1C(F)F. The average molecular weight is 252 g/mol. The van der Waals surface area contributed by atoms with Crippen molar-refractivity contribution in [1.29, 1.82) is 0 Å². The van der Waals surface area contributed by atoms with Gasteiger partial charge < -0.3 is 5.11 Å². The van der Waals surface area contributed by atoms with Crippen LogP contribution < -0.4 is 0 Å². The zero-order chi connectivity index (χ0) is 10.0. The highest BCUT2D eigenvalue weighted by Crippen LogP contribution is 2.30. The van der Waals surface area contributed by atoms with Gasteiger partial charge in [-0.3, -0.25) is 4.98 Å². The van der Waals surface area contributed by atoms with E-state index in [0.29, 0.717) is 0 Å². The fraction of sp³-hybridized carbons (Fsp3) is 0.375. The number of nitrogens with zero attached hydrogens (tertiary/aromatic N) is 1. The monoisotopic (exact) mass is 251 g/mol. The molecule has 0 amide bonds. The van der Waals surface area contributed by atoms with Crippen LogP contribution in [0.1, 0.15) is 23.2 Å². The Morgan fingerprint density at radius 3 is 2.69 bits per heavy atom. The highest BCUT2D eigenvalue weighted by atomic mass is 79.9. The van der Waals surface area contributed by atoms with E-state index < -0.39 is 6.43 Å². The van der Waals surface area contributed by atoms with E-state index in [0.717, 1.165) is 0 Å². The lowest BCUT2D eigenvalue weighted by Gasteiger charge is -2.09. The molecule has 72 valence electrons. The highest BCUT2D eigenvalue weighted by Gasteiger charge is 2.18. The molecule has 0 saturated heterocycles. The Balaban J connectivity index is 3.32. The molecule has 1 aromatic rings. The molecule has 0 saturated carbocycles. The number of halogens is 3. The second-order valence-electron chi connectivity index (χ2n) is 2.56. The lowest BCUT2D eigenvalue weighted by atomic mass is 10.1. The van der Waals surface area contributed by atoms with Crippen molar-refractivity contribution in [3.05, 3.63) is 23.0 Å². The summed E-state index contributed by atoms with van der Waals surface area (Å²) in [6.07, 6.45) is -1.43. The second-order valence-corrected chi connectivity index (χ2v) is 3.12. The van der Waals surface area contributed by atoms with Crippen LogP contribution in [0.3, 0.4) is 0 Å². The third-order valence-electron chi connectivity index (χ3n) is 1.79. The van der Waals surface area contributed by atoms with Crippen LogP contribution in [0.15, 0.2) is 6.20 Å². The first kappa shape index (κ1) is 10.4. The minimum Gasteiger partial charge on any atom is -0.506 e. The topological polar surface area (TPSA) is 33.1 Å². The van der Waals surface area contributed by atoms with E-state index >= 15 is 0 Å². The predicted molar refractivity (Wildman–Crippen MR) is 48.2 cm³/mol. The van der Waals surface area contributed by atoms with Crippen molar-refractivity contribution < 1.29 is 13.9 Å². The van der Waals surface area contributed by atoms with E-state index in [1.807, 2.05) is 0 Å². The van der Waals surface area contributed by atoms with Crippen molar-refractivity contribution in [2.45, 2.75) is 18.7 Å². The molecule has 1 N–H and O–H groups in total. The molecule has 1 heterocycles. The summed E-state index contributed by atoms with van der Waals surface area (Å²) in [5.41, 5.74) is 0.279. The maximum Gasteiger partial charge on any atom is 0.266 e. The number of hydrogen-bond donors (Lipinski definition) is 1. The molecular formula is C8H8BrF2NO. The molecule has 2 nitrogen and oxygen atoms in total. The van der Waals surface area contributed by atoms with Crippen LogP contribution in [0.4, 0.5) is 8.78 Å². The summed E-state index contributed by atoms with van der Waals surface area (Å²) in [6, 6.07) is 0. The van der Waals surface area contributed by atoms with E-state index in [4.69, 9.17) is 5.11 Å². The predicted octanol–water partition coefficient (Wildman–Crippen LogP) is 2.93. The van der Waals surface area contributed by atoms with Crippen molar-refractivity contribution in [3.63, 3.8) is 0 Å². The molecule has 0 aliphatic carbocycles. The number of aromatic nitrogens is 1. The van der Waals surface area contributed by atoms with Gasteiger partial charge in [0.2, 0.25) is 0 Å².